The Kier molecular flexibility index (Phi) is 4.94. The fourth-order valence-electron chi connectivity index (χ4n) is 1.16. The third-order valence-corrected chi connectivity index (χ3v) is 3.63. The largest absolute Gasteiger partial charge is 0.426 e. The summed E-state index contributed by atoms with van der Waals surface area (Å²) in [6, 6.07) is 2.41. The molecule has 0 saturated carbocycles. The Morgan fingerprint density at radius 1 is 1.40 bits per heavy atom. The Hall–Kier alpha value is -0.990. The van der Waals surface area contributed by atoms with E-state index in [1.807, 2.05) is 0 Å². The number of thioether (sulfide) groups is 1. The van der Waals surface area contributed by atoms with E-state index < -0.39 is 28.5 Å². The van der Waals surface area contributed by atoms with Gasteiger partial charge in [0.15, 0.2) is 5.82 Å². The SMILES string of the molecule is CSc1ccc(NC(=O)[C@@](C)(O)C(F)(F)F)c(Cl)c1F. The zero-order chi connectivity index (χ0) is 15.7. The third kappa shape index (κ3) is 3.18. The Balaban J connectivity index is 3.07. The van der Waals surface area contributed by atoms with Gasteiger partial charge in [0, 0.05) is 4.90 Å². The average Bonchev–Trinajstić information content (AvgIpc) is 2.33. The van der Waals surface area contributed by atoms with Crippen molar-refractivity contribution < 1.29 is 27.5 Å². The van der Waals surface area contributed by atoms with E-state index in [0.717, 1.165) is 17.8 Å². The van der Waals surface area contributed by atoms with E-state index in [-0.39, 0.29) is 10.6 Å². The molecule has 1 amide bonds. The minimum absolute atomic E-state index is 0.176. The van der Waals surface area contributed by atoms with E-state index in [4.69, 9.17) is 16.7 Å². The van der Waals surface area contributed by atoms with Crippen molar-refractivity contribution in [1.29, 1.82) is 0 Å². The van der Waals surface area contributed by atoms with E-state index in [9.17, 15) is 22.4 Å². The van der Waals surface area contributed by atoms with Crippen LogP contribution in [0.2, 0.25) is 5.02 Å². The van der Waals surface area contributed by atoms with Crippen molar-refractivity contribution in [2.75, 3.05) is 11.6 Å². The van der Waals surface area contributed by atoms with Crippen LogP contribution in [0.3, 0.4) is 0 Å². The van der Waals surface area contributed by atoms with Crippen LogP contribution in [0.5, 0.6) is 0 Å². The normalized spacial score (nSPS) is 14.8. The topological polar surface area (TPSA) is 49.3 Å². The highest BCUT2D eigenvalue weighted by Crippen LogP contribution is 2.34. The molecule has 9 heteroatoms. The van der Waals surface area contributed by atoms with E-state index in [2.05, 4.69) is 0 Å². The summed E-state index contributed by atoms with van der Waals surface area (Å²) in [6.07, 6.45) is -3.58. The molecule has 2 N–H and O–H groups in total. The standard InChI is InChI=1S/C11H10ClF4NO2S/c1-10(19,11(14,15)16)9(18)17-5-3-4-6(20-2)8(13)7(5)12/h3-4,19H,1-2H3,(H,17,18)/t10-/m1/s1. The molecule has 0 unspecified atom stereocenters. The predicted octanol–water partition coefficient (Wildman–Crippen LogP) is 3.45. The molecular formula is C11H10ClF4NO2S. The number of halogens is 5. The summed E-state index contributed by atoms with van der Waals surface area (Å²) >= 11 is 6.67. The molecule has 112 valence electrons. The van der Waals surface area contributed by atoms with Gasteiger partial charge in [-0.1, -0.05) is 11.6 Å². The monoisotopic (exact) mass is 331 g/mol. The number of alkyl halides is 3. The van der Waals surface area contributed by atoms with Gasteiger partial charge < -0.3 is 10.4 Å². The average molecular weight is 332 g/mol. The summed E-state index contributed by atoms with van der Waals surface area (Å²) in [5, 5.41) is 10.4. The van der Waals surface area contributed by atoms with Crippen molar-refractivity contribution in [1.82, 2.24) is 0 Å². The van der Waals surface area contributed by atoms with Gasteiger partial charge in [-0.25, -0.2) is 4.39 Å². The maximum absolute atomic E-state index is 13.7. The van der Waals surface area contributed by atoms with Gasteiger partial charge >= 0.3 is 6.18 Å². The number of nitrogens with one attached hydrogen (secondary N) is 1. The lowest BCUT2D eigenvalue weighted by atomic mass is 10.1. The van der Waals surface area contributed by atoms with Crippen LogP contribution in [0.4, 0.5) is 23.2 Å². The lowest BCUT2D eigenvalue weighted by Crippen LogP contribution is -2.52. The molecule has 0 aliphatic carbocycles. The highest BCUT2D eigenvalue weighted by atomic mass is 35.5. The molecule has 0 radical (unpaired) electrons. The van der Waals surface area contributed by atoms with Gasteiger partial charge in [0.25, 0.3) is 5.91 Å². The van der Waals surface area contributed by atoms with Crippen molar-refractivity contribution >= 4 is 35.0 Å². The van der Waals surface area contributed by atoms with Gasteiger partial charge in [-0.3, -0.25) is 4.79 Å². The summed E-state index contributed by atoms with van der Waals surface area (Å²) < 4.78 is 51.0. The van der Waals surface area contributed by atoms with Crippen LogP contribution in [0.15, 0.2) is 17.0 Å². The maximum atomic E-state index is 13.7. The molecule has 0 bridgehead atoms. The first-order valence-electron chi connectivity index (χ1n) is 5.15. The molecule has 3 nitrogen and oxygen atoms in total. The lowest BCUT2D eigenvalue weighted by molar-refractivity contribution is -0.242. The molecule has 1 aromatic rings. The number of aliphatic hydroxyl groups is 1. The highest BCUT2D eigenvalue weighted by Gasteiger charge is 2.55. The molecule has 0 aliphatic heterocycles. The molecule has 0 aliphatic rings. The van der Waals surface area contributed by atoms with Crippen LogP contribution < -0.4 is 5.32 Å². The van der Waals surface area contributed by atoms with Crippen LogP contribution in [-0.2, 0) is 4.79 Å². The van der Waals surface area contributed by atoms with E-state index in [0.29, 0.717) is 6.92 Å². The first-order chi connectivity index (χ1) is 9.02. The number of carbonyl (C=O) groups is 1. The van der Waals surface area contributed by atoms with Crippen LogP contribution in [-0.4, -0.2) is 29.0 Å². The Labute approximate surface area is 121 Å². The van der Waals surface area contributed by atoms with Gasteiger partial charge in [0.05, 0.1) is 5.69 Å². The number of rotatable bonds is 3. The van der Waals surface area contributed by atoms with E-state index in [1.165, 1.54) is 6.07 Å². The number of hydrogen-bond acceptors (Lipinski definition) is 3. The zero-order valence-corrected chi connectivity index (χ0v) is 11.9. The number of benzene rings is 1. The first kappa shape index (κ1) is 17.1. The molecular weight excluding hydrogens is 322 g/mol. The van der Waals surface area contributed by atoms with Gasteiger partial charge in [-0.15, -0.1) is 11.8 Å². The maximum Gasteiger partial charge on any atom is 0.426 e. The molecule has 1 atom stereocenters. The van der Waals surface area contributed by atoms with Crippen molar-refractivity contribution in [2.45, 2.75) is 23.6 Å². The zero-order valence-electron chi connectivity index (χ0n) is 10.3. The van der Waals surface area contributed by atoms with E-state index in [1.54, 1.807) is 11.6 Å². The molecule has 20 heavy (non-hydrogen) atoms. The van der Waals surface area contributed by atoms with Crippen molar-refractivity contribution in [2.24, 2.45) is 0 Å². The Morgan fingerprint density at radius 2 is 1.95 bits per heavy atom. The fourth-order valence-corrected chi connectivity index (χ4v) is 1.91. The van der Waals surface area contributed by atoms with Gasteiger partial charge in [-0.05, 0) is 25.3 Å². The second kappa shape index (κ2) is 5.79. The minimum Gasteiger partial charge on any atom is -0.373 e. The van der Waals surface area contributed by atoms with Crippen LogP contribution >= 0.6 is 23.4 Å². The molecule has 1 aromatic carbocycles. The summed E-state index contributed by atoms with van der Waals surface area (Å²) in [4.78, 5) is 11.6. The summed E-state index contributed by atoms with van der Waals surface area (Å²) in [5.74, 6) is -2.60. The fraction of sp³-hybridized carbons (Fsp3) is 0.364. The number of amides is 1. The molecule has 0 saturated heterocycles. The van der Waals surface area contributed by atoms with Gasteiger partial charge in [0.1, 0.15) is 5.02 Å². The minimum atomic E-state index is -5.17. The van der Waals surface area contributed by atoms with Gasteiger partial charge in [0.2, 0.25) is 5.60 Å². The highest BCUT2D eigenvalue weighted by molar-refractivity contribution is 7.98. The van der Waals surface area contributed by atoms with E-state index >= 15 is 0 Å². The molecule has 0 fully saturated rings. The van der Waals surface area contributed by atoms with Crippen LogP contribution in [0.25, 0.3) is 0 Å². The second-order valence-corrected chi connectivity index (χ2v) is 5.19. The van der Waals surface area contributed by atoms with Crippen LogP contribution in [0, 0.1) is 5.82 Å². The summed E-state index contributed by atoms with van der Waals surface area (Å²) in [7, 11) is 0. The van der Waals surface area contributed by atoms with Crippen molar-refractivity contribution in [3.63, 3.8) is 0 Å². The smallest absolute Gasteiger partial charge is 0.373 e. The third-order valence-electron chi connectivity index (χ3n) is 2.51. The molecule has 1 rings (SSSR count). The number of anilines is 1. The number of hydrogen-bond donors (Lipinski definition) is 2. The van der Waals surface area contributed by atoms with Crippen LogP contribution in [0.1, 0.15) is 6.92 Å². The molecule has 0 aromatic heterocycles. The summed E-state index contributed by atoms with van der Waals surface area (Å²) in [5.41, 5.74) is -3.96. The first-order valence-corrected chi connectivity index (χ1v) is 6.75. The quantitative estimate of drug-likeness (QED) is 0.659. The predicted molar refractivity (Wildman–Crippen MR) is 68.5 cm³/mol. The van der Waals surface area contributed by atoms with Crippen molar-refractivity contribution in [3.05, 3.63) is 23.0 Å². The lowest BCUT2D eigenvalue weighted by Gasteiger charge is -2.25. The molecule has 0 spiro atoms. The van der Waals surface area contributed by atoms with Crippen molar-refractivity contribution in [3.8, 4) is 0 Å². The second-order valence-electron chi connectivity index (χ2n) is 3.97. The number of carbonyl (C=O) groups excluding carboxylic acids is 1. The molecule has 0 heterocycles. The van der Waals surface area contributed by atoms with Gasteiger partial charge in [-0.2, -0.15) is 13.2 Å². The summed E-state index contributed by atoms with van der Waals surface area (Å²) in [6.45, 7) is 0.295. The Morgan fingerprint density at radius 3 is 2.40 bits per heavy atom. The Bertz CT molecular complexity index is 534.